The third-order valence-electron chi connectivity index (χ3n) is 6.59. The quantitative estimate of drug-likeness (QED) is 0.0825. The number of furan rings is 1. The molecule has 5 heteroatoms. The Kier molecular flexibility index (Phi) is 7.92. The zero-order chi connectivity index (χ0) is 28.1. The fourth-order valence-electron chi connectivity index (χ4n) is 4.43. The molecule has 1 heterocycles. The minimum absolute atomic E-state index is 0.138. The summed E-state index contributed by atoms with van der Waals surface area (Å²) >= 11 is 0. The third-order valence-corrected chi connectivity index (χ3v) is 6.59. The molecule has 0 unspecified atom stereocenters. The molecule has 0 amide bonds. The molecule has 0 radical (unpaired) electrons. The minimum Gasteiger partial charge on any atom is -0.494 e. The number of hydrogen-bond acceptors (Lipinski definition) is 5. The molecular formula is C35H30O5. The molecule has 0 atom stereocenters. The summed E-state index contributed by atoms with van der Waals surface area (Å²) in [5, 5.41) is 0.605. The monoisotopic (exact) mass is 530 g/mol. The molecular weight excluding hydrogens is 500 g/mol. The number of ether oxygens (including phenoxy) is 2. The Balaban J connectivity index is 1.36. The highest BCUT2D eigenvalue weighted by molar-refractivity contribution is 6.10. The summed E-state index contributed by atoms with van der Waals surface area (Å²) in [6.07, 6.45) is 3.34. The highest BCUT2D eigenvalue weighted by Crippen LogP contribution is 2.36. The number of fused-ring (bicyclic) bond motifs is 1. The second kappa shape index (κ2) is 11.9. The van der Waals surface area contributed by atoms with E-state index in [9.17, 15) is 9.59 Å². The zero-order valence-corrected chi connectivity index (χ0v) is 22.7. The van der Waals surface area contributed by atoms with Crippen molar-refractivity contribution in [3.05, 3.63) is 125 Å². The van der Waals surface area contributed by atoms with E-state index in [0.717, 1.165) is 11.1 Å². The van der Waals surface area contributed by atoms with Crippen molar-refractivity contribution >= 4 is 28.8 Å². The van der Waals surface area contributed by atoms with Crippen LogP contribution in [0.2, 0.25) is 0 Å². The predicted octanol–water partition coefficient (Wildman–Crippen LogP) is 8.74. The van der Waals surface area contributed by atoms with Crippen LogP contribution in [0.1, 0.15) is 58.5 Å². The van der Waals surface area contributed by atoms with Gasteiger partial charge in [0, 0.05) is 16.5 Å². The first kappa shape index (κ1) is 26.7. The van der Waals surface area contributed by atoms with Crippen LogP contribution in [0.5, 0.6) is 11.5 Å². The molecule has 0 aliphatic heterocycles. The molecule has 200 valence electrons. The first-order chi connectivity index (χ1) is 19.4. The van der Waals surface area contributed by atoms with Crippen LogP contribution in [0.25, 0.3) is 28.4 Å². The van der Waals surface area contributed by atoms with E-state index in [0.29, 0.717) is 51.9 Å². The Morgan fingerprint density at radius 3 is 2.23 bits per heavy atom. The Morgan fingerprint density at radius 2 is 1.55 bits per heavy atom. The molecule has 0 saturated carbocycles. The lowest BCUT2D eigenvalue weighted by molar-refractivity contribution is 0.0737. The molecule has 0 bridgehead atoms. The van der Waals surface area contributed by atoms with Gasteiger partial charge >= 0.3 is 5.97 Å². The van der Waals surface area contributed by atoms with Crippen LogP contribution >= 0.6 is 0 Å². The number of esters is 1. The number of hydrogen-bond donors (Lipinski definition) is 0. The molecule has 0 aliphatic carbocycles. The first-order valence-corrected chi connectivity index (χ1v) is 13.3. The molecule has 0 N–H and O–H groups in total. The van der Waals surface area contributed by atoms with E-state index in [2.05, 4.69) is 26.0 Å². The lowest BCUT2D eigenvalue weighted by Gasteiger charge is -2.07. The average molecular weight is 531 g/mol. The van der Waals surface area contributed by atoms with Crippen molar-refractivity contribution in [3.63, 3.8) is 0 Å². The molecule has 0 fully saturated rings. The summed E-state index contributed by atoms with van der Waals surface area (Å²) in [6.45, 7) is 6.69. The SMILES string of the molecule is CCOc1ccc2oc(-c3ccccc3)c(C(=O)Oc3ccc(C(=O)/C=C/c4ccc(C(C)C)cc4)cc3)c2c1. The van der Waals surface area contributed by atoms with E-state index in [1.165, 1.54) is 5.56 Å². The lowest BCUT2D eigenvalue weighted by atomic mass is 10.0. The number of allylic oxidation sites excluding steroid dienone is 1. The van der Waals surface area contributed by atoms with Crippen molar-refractivity contribution < 1.29 is 23.5 Å². The first-order valence-electron chi connectivity index (χ1n) is 13.3. The van der Waals surface area contributed by atoms with Gasteiger partial charge in [-0.05, 0) is 72.5 Å². The number of carbonyl (C=O) groups excluding carboxylic acids is 2. The van der Waals surface area contributed by atoms with Gasteiger partial charge in [0.05, 0.1) is 6.61 Å². The highest BCUT2D eigenvalue weighted by atomic mass is 16.5. The van der Waals surface area contributed by atoms with Gasteiger partial charge in [0.1, 0.15) is 28.4 Å². The van der Waals surface area contributed by atoms with Gasteiger partial charge in [0.15, 0.2) is 5.78 Å². The summed E-state index contributed by atoms with van der Waals surface area (Å²) in [7, 11) is 0. The Hall–Kier alpha value is -4.90. The second-order valence-corrected chi connectivity index (χ2v) is 9.70. The number of carbonyl (C=O) groups is 2. The van der Waals surface area contributed by atoms with Gasteiger partial charge in [-0.1, -0.05) is 74.5 Å². The van der Waals surface area contributed by atoms with Crippen molar-refractivity contribution in [3.8, 4) is 22.8 Å². The molecule has 40 heavy (non-hydrogen) atoms. The molecule has 4 aromatic carbocycles. The maximum absolute atomic E-state index is 13.5. The van der Waals surface area contributed by atoms with Gasteiger partial charge in [0.25, 0.3) is 0 Å². The van der Waals surface area contributed by atoms with E-state index in [1.807, 2.05) is 55.5 Å². The van der Waals surface area contributed by atoms with Crippen LogP contribution in [-0.4, -0.2) is 18.4 Å². The number of rotatable bonds is 9. The van der Waals surface area contributed by atoms with Crippen molar-refractivity contribution in [2.75, 3.05) is 6.61 Å². The average Bonchev–Trinajstić information content (AvgIpc) is 3.36. The summed E-state index contributed by atoms with van der Waals surface area (Å²) in [5.74, 6) is 1.14. The molecule has 0 saturated heterocycles. The van der Waals surface area contributed by atoms with Crippen molar-refractivity contribution in [1.29, 1.82) is 0 Å². The second-order valence-electron chi connectivity index (χ2n) is 9.70. The minimum atomic E-state index is -0.560. The molecule has 0 spiro atoms. The van der Waals surface area contributed by atoms with Crippen LogP contribution in [0.4, 0.5) is 0 Å². The Bertz CT molecular complexity index is 1660. The fourth-order valence-corrected chi connectivity index (χ4v) is 4.43. The zero-order valence-electron chi connectivity index (χ0n) is 22.7. The number of ketones is 1. The van der Waals surface area contributed by atoms with Crippen molar-refractivity contribution in [2.24, 2.45) is 0 Å². The van der Waals surface area contributed by atoms with Gasteiger partial charge in [-0.3, -0.25) is 4.79 Å². The Morgan fingerprint density at radius 1 is 0.850 bits per heavy atom. The lowest BCUT2D eigenvalue weighted by Crippen LogP contribution is -2.09. The molecule has 0 aliphatic rings. The molecule has 5 rings (SSSR count). The third kappa shape index (κ3) is 5.89. The summed E-state index contributed by atoms with van der Waals surface area (Å²) < 4.78 is 17.5. The van der Waals surface area contributed by atoms with E-state index in [1.54, 1.807) is 48.6 Å². The molecule has 1 aromatic heterocycles. The van der Waals surface area contributed by atoms with Crippen LogP contribution < -0.4 is 9.47 Å². The van der Waals surface area contributed by atoms with Crippen LogP contribution in [-0.2, 0) is 0 Å². The van der Waals surface area contributed by atoms with Gasteiger partial charge in [-0.2, -0.15) is 0 Å². The molecule has 5 nitrogen and oxygen atoms in total. The summed E-state index contributed by atoms with van der Waals surface area (Å²) in [6, 6.07) is 29.5. The predicted molar refractivity (Wildman–Crippen MR) is 158 cm³/mol. The summed E-state index contributed by atoms with van der Waals surface area (Å²) in [5.41, 5.74) is 4.33. The van der Waals surface area contributed by atoms with E-state index < -0.39 is 5.97 Å². The number of benzene rings is 4. The fraction of sp³-hybridized carbons (Fsp3) is 0.143. The topological polar surface area (TPSA) is 65.7 Å². The van der Waals surface area contributed by atoms with Crippen LogP contribution in [0.3, 0.4) is 0 Å². The maximum atomic E-state index is 13.5. The van der Waals surface area contributed by atoms with Crippen LogP contribution in [0, 0.1) is 0 Å². The van der Waals surface area contributed by atoms with Crippen molar-refractivity contribution in [1.82, 2.24) is 0 Å². The normalized spacial score (nSPS) is 11.3. The summed E-state index contributed by atoms with van der Waals surface area (Å²) in [4.78, 5) is 26.2. The Labute approximate surface area is 233 Å². The van der Waals surface area contributed by atoms with Gasteiger partial charge in [-0.25, -0.2) is 4.79 Å². The van der Waals surface area contributed by atoms with Gasteiger partial charge < -0.3 is 13.9 Å². The standard InChI is InChI=1S/C35H30O5/c1-4-38-29-19-21-32-30(22-29)33(34(40-32)27-8-6-5-7-9-27)35(37)39-28-17-15-26(16-18-28)31(36)20-12-24-10-13-25(14-11-24)23(2)3/h5-23H,4H2,1-3H3/b20-12+. The largest absolute Gasteiger partial charge is 0.494 e. The van der Waals surface area contributed by atoms with E-state index >= 15 is 0 Å². The maximum Gasteiger partial charge on any atom is 0.348 e. The van der Waals surface area contributed by atoms with Crippen LogP contribution in [0.15, 0.2) is 108 Å². The van der Waals surface area contributed by atoms with E-state index in [-0.39, 0.29) is 5.78 Å². The van der Waals surface area contributed by atoms with Gasteiger partial charge in [0.2, 0.25) is 0 Å². The highest BCUT2D eigenvalue weighted by Gasteiger charge is 2.24. The smallest absolute Gasteiger partial charge is 0.348 e. The molecule has 5 aromatic rings. The van der Waals surface area contributed by atoms with Crippen molar-refractivity contribution in [2.45, 2.75) is 26.7 Å². The van der Waals surface area contributed by atoms with E-state index in [4.69, 9.17) is 13.9 Å². The van der Waals surface area contributed by atoms with Gasteiger partial charge in [-0.15, -0.1) is 0 Å².